The molecular formula is C50H46N4O3. The van der Waals surface area contributed by atoms with Crippen LogP contribution < -0.4 is 4.90 Å². The smallest absolute Gasteiger partial charge is 0.180 e. The molecule has 0 aliphatic rings. The minimum Gasteiger partial charge on any atom is -0.507 e. The summed E-state index contributed by atoms with van der Waals surface area (Å²) in [5.41, 5.74) is 12.0. The summed E-state index contributed by atoms with van der Waals surface area (Å²) in [6.45, 7) is 19.3. The minimum absolute atomic E-state index is 0.182. The van der Waals surface area contributed by atoms with E-state index in [-0.39, 0.29) is 16.6 Å². The fraction of sp³-hybridized carbons (Fsp3) is 0.220. The highest BCUT2D eigenvalue weighted by atomic mass is 16.3. The van der Waals surface area contributed by atoms with Gasteiger partial charge in [-0.25, -0.2) is 15.0 Å². The van der Waals surface area contributed by atoms with Crippen molar-refractivity contribution in [1.82, 2.24) is 15.0 Å². The third-order valence-electron chi connectivity index (χ3n) is 11.0. The third kappa shape index (κ3) is 6.09. The summed E-state index contributed by atoms with van der Waals surface area (Å²) in [5.74, 6) is 1.44. The summed E-state index contributed by atoms with van der Waals surface area (Å²) in [6.07, 6.45) is 1.82. The molecule has 7 heteroatoms. The van der Waals surface area contributed by atoms with Crippen molar-refractivity contribution in [2.75, 3.05) is 4.90 Å². The Kier molecular flexibility index (Phi) is 8.29. The van der Waals surface area contributed by atoms with Gasteiger partial charge in [0.15, 0.2) is 11.4 Å². The van der Waals surface area contributed by atoms with Gasteiger partial charge in [-0.2, -0.15) is 0 Å². The predicted octanol–water partition coefficient (Wildman–Crippen LogP) is 13.7. The number of hydrogen-bond acceptors (Lipinski definition) is 7. The topological polar surface area (TPSA) is 88.4 Å². The fourth-order valence-electron chi connectivity index (χ4n) is 8.25. The van der Waals surface area contributed by atoms with Crippen molar-refractivity contribution in [3.8, 4) is 28.4 Å². The van der Waals surface area contributed by atoms with E-state index in [2.05, 4.69) is 110 Å². The number of fused-ring (bicyclic) bond motifs is 6. The lowest BCUT2D eigenvalue weighted by molar-refractivity contribution is 0.446. The van der Waals surface area contributed by atoms with Crippen molar-refractivity contribution in [2.24, 2.45) is 0 Å². The lowest BCUT2D eigenvalue weighted by Crippen LogP contribution is -2.17. The molecule has 9 rings (SSSR count). The number of aromatic hydroxyl groups is 1. The Morgan fingerprint density at radius 1 is 0.632 bits per heavy atom. The summed E-state index contributed by atoms with van der Waals surface area (Å²) in [7, 11) is 0. The van der Waals surface area contributed by atoms with E-state index in [1.165, 1.54) is 5.56 Å². The van der Waals surface area contributed by atoms with Crippen LogP contribution in [0.2, 0.25) is 0 Å². The van der Waals surface area contributed by atoms with Crippen molar-refractivity contribution in [3.05, 3.63) is 137 Å². The first-order valence-corrected chi connectivity index (χ1v) is 19.5. The van der Waals surface area contributed by atoms with E-state index >= 15 is 0 Å². The van der Waals surface area contributed by atoms with Gasteiger partial charge in [-0.3, -0.25) is 4.90 Å². The van der Waals surface area contributed by atoms with Crippen LogP contribution in [0.4, 0.5) is 17.2 Å². The molecule has 0 radical (unpaired) electrons. The molecule has 0 unspecified atom stereocenters. The molecular weight excluding hydrogens is 705 g/mol. The Morgan fingerprint density at radius 2 is 1.30 bits per heavy atom. The van der Waals surface area contributed by atoms with E-state index in [1.807, 2.05) is 66.9 Å². The summed E-state index contributed by atoms with van der Waals surface area (Å²) in [5, 5.41) is 15.0. The maximum absolute atomic E-state index is 12.3. The van der Waals surface area contributed by atoms with Crippen LogP contribution in [0, 0.1) is 20.8 Å². The van der Waals surface area contributed by atoms with Gasteiger partial charge in [0.2, 0.25) is 0 Å². The number of benzene rings is 5. The monoisotopic (exact) mass is 750 g/mol. The average Bonchev–Trinajstić information content (AvgIpc) is 3.73. The standard InChI is InChI=1S/C50H46N4O3/c1-28-22-29(2)45(30(3)23-28)54(41-20-14-15-21-51-41)32-26-35(42-33-16-10-12-18-38(33)56-40(42)27-32)48-52-43-34-17-11-13-19-39(34)57-47(43)44(53-48)36-24-31(49(4,5)6)25-37(46(36)55)50(7,8)9/h10-27,55H,1-9H3. The molecule has 0 fully saturated rings. The first-order valence-electron chi connectivity index (χ1n) is 19.5. The van der Waals surface area contributed by atoms with E-state index in [4.69, 9.17) is 23.8 Å². The van der Waals surface area contributed by atoms with Gasteiger partial charge in [0.25, 0.3) is 0 Å². The van der Waals surface area contributed by atoms with E-state index in [9.17, 15) is 5.11 Å². The molecule has 0 spiro atoms. The highest BCUT2D eigenvalue weighted by molar-refractivity contribution is 6.14. The molecule has 1 N–H and O–H groups in total. The number of rotatable bonds is 5. The van der Waals surface area contributed by atoms with Crippen LogP contribution in [-0.4, -0.2) is 20.1 Å². The third-order valence-corrected chi connectivity index (χ3v) is 11.0. The van der Waals surface area contributed by atoms with E-state index in [0.717, 1.165) is 66.8 Å². The first-order chi connectivity index (χ1) is 27.2. The summed E-state index contributed by atoms with van der Waals surface area (Å²) >= 11 is 0. The number of phenols is 1. The minimum atomic E-state index is -0.347. The zero-order valence-electron chi connectivity index (χ0n) is 33.9. The van der Waals surface area contributed by atoms with Gasteiger partial charge >= 0.3 is 0 Å². The van der Waals surface area contributed by atoms with Gasteiger partial charge in [-0.05, 0) is 90.8 Å². The van der Waals surface area contributed by atoms with Gasteiger partial charge in [0, 0.05) is 45.1 Å². The van der Waals surface area contributed by atoms with Gasteiger partial charge in [0.1, 0.15) is 39.5 Å². The lowest BCUT2D eigenvalue weighted by Gasteiger charge is -2.28. The number of aryl methyl sites for hydroxylation is 3. The molecule has 0 amide bonds. The molecule has 5 aromatic carbocycles. The van der Waals surface area contributed by atoms with Gasteiger partial charge in [0.05, 0.1) is 11.4 Å². The van der Waals surface area contributed by atoms with E-state index < -0.39 is 0 Å². The summed E-state index contributed by atoms with van der Waals surface area (Å²) in [6, 6.07) is 34.8. The van der Waals surface area contributed by atoms with Gasteiger partial charge < -0.3 is 13.9 Å². The molecule has 0 aliphatic heterocycles. The average molecular weight is 751 g/mol. The van der Waals surface area contributed by atoms with Crippen molar-refractivity contribution < 1.29 is 13.9 Å². The second-order valence-corrected chi connectivity index (χ2v) is 17.3. The second-order valence-electron chi connectivity index (χ2n) is 17.3. The van der Waals surface area contributed by atoms with Crippen LogP contribution in [0.1, 0.15) is 69.4 Å². The number of para-hydroxylation sites is 2. The zero-order chi connectivity index (χ0) is 40.0. The number of hydrogen-bond donors (Lipinski definition) is 1. The number of aromatic nitrogens is 3. The maximum atomic E-state index is 12.3. The Balaban J connectivity index is 1.42. The Morgan fingerprint density at radius 3 is 1.96 bits per heavy atom. The molecule has 0 atom stereocenters. The Labute approximate surface area is 332 Å². The number of nitrogens with zero attached hydrogens (tertiary/aromatic N) is 4. The lowest BCUT2D eigenvalue weighted by atomic mass is 9.78. The van der Waals surface area contributed by atoms with Crippen molar-refractivity contribution in [1.29, 1.82) is 0 Å². The fourth-order valence-corrected chi connectivity index (χ4v) is 8.25. The largest absolute Gasteiger partial charge is 0.507 e. The molecule has 0 saturated carbocycles. The molecule has 284 valence electrons. The Hall–Kier alpha value is -6.47. The molecule has 4 aromatic heterocycles. The number of furan rings is 2. The molecule has 9 aromatic rings. The van der Waals surface area contributed by atoms with E-state index in [0.29, 0.717) is 39.3 Å². The van der Waals surface area contributed by atoms with Crippen LogP contribution >= 0.6 is 0 Å². The molecule has 0 bridgehead atoms. The van der Waals surface area contributed by atoms with Crippen LogP contribution in [0.25, 0.3) is 66.7 Å². The normalized spacial score (nSPS) is 12.4. The van der Waals surface area contributed by atoms with Gasteiger partial charge in [-0.1, -0.05) is 102 Å². The van der Waals surface area contributed by atoms with E-state index in [1.54, 1.807) is 0 Å². The van der Waals surface area contributed by atoms with Crippen LogP contribution in [-0.2, 0) is 10.8 Å². The van der Waals surface area contributed by atoms with Crippen molar-refractivity contribution in [3.63, 3.8) is 0 Å². The molecule has 7 nitrogen and oxygen atoms in total. The number of pyridine rings is 1. The number of anilines is 3. The van der Waals surface area contributed by atoms with Crippen LogP contribution in [0.15, 0.2) is 118 Å². The first kappa shape index (κ1) is 36.2. The Bertz CT molecular complexity index is 3010. The predicted molar refractivity (Wildman–Crippen MR) is 233 cm³/mol. The molecule has 0 saturated heterocycles. The molecule has 57 heavy (non-hydrogen) atoms. The highest BCUT2D eigenvalue weighted by Crippen LogP contribution is 2.48. The van der Waals surface area contributed by atoms with Crippen molar-refractivity contribution in [2.45, 2.75) is 73.1 Å². The quantitative estimate of drug-likeness (QED) is 0.187. The second kappa shape index (κ2) is 13.1. The maximum Gasteiger partial charge on any atom is 0.180 e. The number of phenolic OH excluding ortho intramolecular Hbond substituents is 1. The summed E-state index contributed by atoms with van der Waals surface area (Å²) in [4.78, 5) is 17.9. The highest BCUT2D eigenvalue weighted by Gasteiger charge is 2.30. The molecule has 0 aliphatic carbocycles. The van der Waals surface area contributed by atoms with Gasteiger partial charge in [-0.15, -0.1) is 0 Å². The van der Waals surface area contributed by atoms with Crippen LogP contribution in [0.5, 0.6) is 5.75 Å². The zero-order valence-corrected chi connectivity index (χ0v) is 33.9. The van der Waals surface area contributed by atoms with Crippen LogP contribution in [0.3, 0.4) is 0 Å². The molecule has 4 heterocycles. The van der Waals surface area contributed by atoms with Crippen molar-refractivity contribution >= 4 is 61.2 Å². The summed E-state index contributed by atoms with van der Waals surface area (Å²) < 4.78 is 13.3. The SMILES string of the molecule is Cc1cc(C)c(N(c2cc(-c3nc(-c4cc(C(C)(C)C)cc(C(C)(C)C)c4O)c4oc5ccccc5c4n3)c3c(c2)oc2ccccc23)c2ccccn2)c(C)c1.